The van der Waals surface area contributed by atoms with Crippen LogP contribution < -0.4 is 4.74 Å². The first kappa shape index (κ1) is 14.5. The predicted molar refractivity (Wildman–Crippen MR) is 51.8 cm³/mol. The third kappa shape index (κ3) is 3.73. The molecule has 0 atom stereocenters. The molecule has 9 heteroatoms. The Balaban J connectivity index is 3.26. The molecular formula is C9H6ClF4NO3. The van der Waals surface area contributed by atoms with Gasteiger partial charge in [-0.1, -0.05) is 0 Å². The molecule has 1 rings (SSSR count). The molecule has 0 aromatic carbocycles. The molecule has 100 valence electrons. The van der Waals surface area contributed by atoms with Crippen LogP contribution in [0.3, 0.4) is 0 Å². The SMILES string of the molecule is O=C(O)Cc1ncc(CCl)c(F)c1OC(F)(F)F. The molecule has 1 aromatic rings. The molecule has 0 amide bonds. The third-order valence-corrected chi connectivity index (χ3v) is 2.09. The summed E-state index contributed by atoms with van der Waals surface area (Å²) in [5.74, 6) is -4.51. The molecule has 0 aliphatic heterocycles. The van der Waals surface area contributed by atoms with Crippen LogP contribution in [0.2, 0.25) is 0 Å². The van der Waals surface area contributed by atoms with Gasteiger partial charge in [0.2, 0.25) is 0 Å². The molecule has 1 aromatic heterocycles. The molecule has 0 spiro atoms. The standard InChI is InChI=1S/C9H6ClF4NO3/c10-2-4-3-15-5(1-6(16)17)8(7(4)11)18-9(12,13)14/h3H,1-2H2,(H,16,17). The van der Waals surface area contributed by atoms with Crippen LogP contribution in [0.15, 0.2) is 6.20 Å². The lowest BCUT2D eigenvalue weighted by Gasteiger charge is -2.13. The second-order valence-corrected chi connectivity index (χ2v) is 3.39. The Hall–Kier alpha value is -1.57. The highest BCUT2D eigenvalue weighted by molar-refractivity contribution is 6.17. The summed E-state index contributed by atoms with van der Waals surface area (Å²) in [5, 5.41) is 8.48. The van der Waals surface area contributed by atoms with Gasteiger partial charge in [-0.05, 0) is 0 Å². The maximum Gasteiger partial charge on any atom is 0.573 e. The van der Waals surface area contributed by atoms with E-state index in [1.54, 1.807) is 0 Å². The average molecular weight is 288 g/mol. The van der Waals surface area contributed by atoms with Crippen LogP contribution >= 0.6 is 11.6 Å². The van der Waals surface area contributed by atoms with E-state index in [1.165, 1.54) is 0 Å². The minimum Gasteiger partial charge on any atom is -0.481 e. The Morgan fingerprint density at radius 2 is 2.11 bits per heavy atom. The summed E-state index contributed by atoms with van der Waals surface area (Å²) in [5.41, 5.74) is -0.976. The van der Waals surface area contributed by atoms with Crippen molar-refractivity contribution in [3.8, 4) is 5.75 Å². The summed E-state index contributed by atoms with van der Waals surface area (Å²) in [6, 6.07) is 0. The lowest BCUT2D eigenvalue weighted by Crippen LogP contribution is -2.21. The van der Waals surface area contributed by atoms with Crippen LogP contribution in [0, 0.1) is 5.82 Å². The summed E-state index contributed by atoms with van der Waals surface area (Å²) >= 11 is 5.30. The van der Waals surface area contributed by atoms with Gasteiger partial charge in [-0.2, -0.15) is 0 Å². The van der Waals surface area contributed by atoms with Crippen molar-refractivity contribution >= 4 is 17.6 Å². The van der Waals surface area contributed by atoms with Crippen molar-refractivity contribution in [2.45, 2.75) is 18.7 Å². The number of carboxylic acids is 1. The van der Waals surface area contributed by atoms with E-state index < -0.39 is 41.9 Å². The Morgan fingerprint density at radius 3 is 2.56 bits per heavy atom. The number of ether oxygens (including phenoxy) is 1. The number of carbonyl (C=O) groups is 1. The van der Waals surface area contributed by atoms with Crippen molar-refractivity contribution < 1.29 is 32.2 Å². The molecule has 0 fully saturated rings. The third-order valence-electron chi connectivity index (χ3n) is 1.80. The number of nitrogens with zero attached hydrogens (tertiary/aromatic N) is 1. The van der Waals surface area contributed by atoms with Gasteiger partial charge in [0.25, 0.3) is 0 Å². The second kappa shape index (κ2) is 5.38. The normalized spacial score (nSPS) is 11.4. The number of aromatic nitrogens is 1. The zero-order valence-electron chi connectivity index (χ0n) is 8.59. The van der Waals surface area contributed by atoms with Gasteiger partial charge >= 0.3 is 12.3 Å². The Kier molecular flexibility index (Phi) is 4.33. The Labute approximate surface area is 103 Å². The second-order valence-electron chi connectivity index (χ2n) is 3.13. The van der Waals surface area contributed by atoms with Gasteiger partial charge in [-0.15, -0.1) is 24.8 Å². The van der Waals surface area contributed by atoms with Crippen LogP contribution in [0.5, 0.6) is 5.75 Å². The maximum atomic E-state index is 13.6. The molecule has 0 saturated heterocycles. The van der Waals surface area contributed by atoms with Crippen LogP contribution in [0.25, 0.3) is 0 Å². The van der Waals surface area contributed by atoms with Crippen molar-refractivity contribution in [3.05, 3.63) is 23.3 Å². The lowest BCUT2D eigenvalue weighted by atomic mass is 10.2. The highest BCUT2D eigenvalue weighted by Crippen LogP contribution is 2.30. The zero-order valence-corrected chi connectivity index (χ0v) is 9.35. The highest BCUT2D eigenvalue weighted by Gasteiger charge is 2.35. The van der Waals surface area contributed by atoms with Gasteiger partial charge in [0.1, 0.15) is 0 Å². The van der Waals surface area contributed by atoms with E-state index in [0.29, 0.717) is 0 Å². The smallest absolute Gasteiger partial charge is 0.481 e. The molecule has 0 saturated carbocycles. The number of hydrogen-bond donors (Lipinski definition) is 1. The fraction of sp³-hybridized carbons (Fsp3) is 0.333. The van der Waals surface area contributed by atoms with Crippen molar-refractivity contribution in [3.63, 3.8) is 0 Å². The molecule has 18 heavy (non-hydrogen) atoms. The Bertz CT molecular complexity index is 464. The molecule has 0 aliphatic carbocycles. The van der Waals surface area contributed by atoms with Gasteiger partial charge < -0.3 is 9.84 Å². The van der Waals surface area contributed by atoms with E-state index in [0.717, 1.165) is 6.20 Å². The molecule has 0 aliphatic rings. The number of carboxylic acid groups (broad SMARTS) is 1. The van der Waals surface area contributed by atoms with Gasteiger partial charge in [-0.25, -0.2) is 4.39 Å². The van der Waals surface area contributed by atoms with Gasteiger partial charge in [-0.3, -0.25) is 9.78 Å². The molecule has 1 N–H and O–H groups in total. The monoisotopic (exact) mass is 287 g/mol. The van der Waals surface area contributed by atoms with E-state index in [1.807, 2.05) is 0 Å². The van der Waals surface area contributed by atoms with Gasteiger partial charge in [0.05, 0.1) is 18.0 Å². The van der Waals surface area contributed by atoms with E-state index in [4.69, 9.17) is 16.7 Å². The summed E-state index contributed by atoms with van der Waals surface area (Å²) < 4.78 is 53.3. The molecule has 4 nitrogen and oxygen atoms in total. The first-order chi connectivity index (χ1) is 8.24. The largest absolute Gasteiger partial charge is 0.573 e. The minimum absolute atomic E-state index is 0.315. The van der Waals surface area contributed by atoms with E-state index in [9.17, 15) is 22.4 Å². The van der Waals surface area contributed by atoms with Crippen molar-refractivity contribution in [2.24, 2.45) is 0 Å². The predicted octanol–water partition coefficient (Wildman–Crippen LogP) is 2.49. The molecule has 1 heterocycles. The van der Waals surface area contributed by atoms with E-state index in [-0.39, 0.29) is 5.56 Å². The zero-order chi connectivity index (χ0) is 13.9. The Morgan fingerprint density at radius 1 is 1.50 bits per heavy atom. The molecular weight excluding hydrogens is 282 g/mol. The quantitative estimate of drug-likeness (QED) is 0.683. The van der Waals surface area contributed by atoms with Crippen LogP contribution in [-0.2, 0) is 17.1 Å². The average Bonchev–Trinajstić information content (AvgIpc) is 2.21. The number of halogens is 5. The number of hydrogen-bond acceptors (Lipinski definition) is 3. The summed E-state index contributed by atoms with van der Waals surface area (Å²) in [4.78, 5) is 13.8. The van der Waals surface area contributed by atoms with Crippen molar-refractivity contribution in [1.82, 2.24) is 4.98 Å². The molecule has 0 bridgehead atoms. The van der Waals surface area contributed by atoms with Crippen LogP contribution in [0.4, 0.5) is 17.6 Å². The van der Waals surface area contributed by atoms with Gasteiger partial charge in [0, 0.05) is 11.8 Å². The fourth-order valence-corrected chi connectivity index (χ4v) is 1.31. The van der Waals surface area contributed by atoms with Crippen LogP contribution in [0.1, 0.15) is 11.3 Å². The van der Waals surface area contributed by atoms with Gasteiger partial charge in [0.15, 0.2) is 11.6 Å². The van der Waals surface area contributed by atoms with E-state index >= 15 is 0 Å². The topological polar surface area (TPSA) is 59.4 Å². The van der Waals surface area contributed by atoms with E-state index in [2.05, 4.69) is 9.72 Å². The molecule has 0 unspecified atom stereocenters. The van der Waals surface area contributed by atoms with Crippen molar-refractivity contribution in [1.29, 1.82) is 0 Å². The number of alkyl halides is 4. The summed E-state index contributed by atoms with van der Waals surface area (Å²) in [6.45, 7) is 0. The minimum atomic E-state index is -5.15. The summed E-state index contributed by atoms with van der Waals surface area (Å²) in [6.07, 6.45) is -5.19. The number of pyridine rings is 1. The number of rotatable bonds is 4. The van der Waals surface area contributed by atoms with Crippen molar-refractivity contribution in [2.75, 3.05) is 0 Å². The number of aliphatic carboxylic acids is 1. The lowest BCUT2D eigenvalue weighted by molar-refractivity contribution is -0.276. The molecule has 0 radical (unpaired) electrons. The highest BCUT2D eigenvalue weighted by atomic mass is 35.5. The maximum absolute atomic E-state index is 13.6. The summed E-state index contributed by atoms with van der Waals surface area (Å²) in [7, 11) is 0. The fourth-order valence-electron chi connectivity index (χ4n) is 1.13. The van der Waals surface area contributed by atoms with Crippen LogP contribution in [-0.4, -0.2) is 22.4 Å². The first-order valence-electron chi connectivity index (χ1n) is 4.44. The first-order valence-corrected chi connectivity index (χ1v) is 4.97.